The summed E-state index contributed by atoms with van der Waals surface area (Å²) in [6.07, 6.45) is 92.9. The summed E-state index contributed by atoms with van der Waals surface area (Å²) in [4.78, 5) is 13.7. The first-order valence-electron chi connectivity index (χ1n) is 44.9. The molecule has 6 aromatic rings. The van der Waals surface area contributed by atoms with Gasteiger partial charge in [-0.15, -0.1) is 0 Å². The van der Waals surface area contributed by atoms with E-state index >= 15 is 0 Å². The highest BCUT2D eigenvalue weighted by atomic mass is 14.7. The fourth-order valence-corrected chi connectivity index (χ4v) is 15.0. The van der Waals surface area contributed by atoms with Gasteiger partial charge in [0.15, 0.2) is 6.08 Å². The van der Waals surface area contributed by atoms with Crippen molar-refractivity contribution in [1.82, 2.24) is 15.0 Å². The van der Waals surface area contributed by atoms with Gasteiger partial charge in [-0.1, -0.05) is 456 Å². The molecule has 0 fully saturated rings. The van der Waals surface area contributed by atoms with E-state index in [0.29, 0.717) is 17.8 Å². The van der Waals surface area contributed by atoms with Crippen molar-refractivity contribution in [2.24, 2.45) is 0 Å². The number of pyridine rings is 3. The Labute approximate surface area is 634 Å². The highest BCUT2D eigenvalue weighted by molar-refractivity contribution is 5.80. The molecule has 0 N–H and O–H groups in total. The monoisotopic (exact) mass is 1400 g/mol. The average Bonchev–Trinajstić information content (AvgIpc) is 0.827. The fourth-order valence-electron chi connectivity index (χ4n) is 15.0. The molecule has 3 aromatic carbocycles. The van der Waals surface area contributed by atoms with Gasteiger partial charge in [0.2, 0.25) is 6.58 Å². The second kappa shape index (κ2) is 68.4. The van der Waals surface area contributed by atoms with Gasteiger partial charge in [0.25, 0.3) is 0 Å². The molecule has 3 aromatic heterocycles. The van der Waals surface area contributed by atoms with Crippen molar-refractivity contribution in [1.29, 1.82) is 0 Å². The topological polar surface area (TPSA) is 38.7 Å². The summed E-state index contributed by atoms with van der Waals surface area (Å²) < 4.78 is 0. The van der Waals surface area contributed by atoms with Gasteiger partial charge >= 0.3 is 0 Å². The Kier molecular flexibility index (Phi) is 61.5. The van der Waals surface area contributed by atoms with Crippen molar-refractivity contribution in [3.63, 3.8) is 0 Å². The molecule has 3 heteroatoms. The number of aromatic nitrogens is 3. The highest BCUT2D eigenvalue weighted by Crippen LogP contribution is 2.30. The minimum atomic E-state index is 0.605. The summed E-state index contributed by atoms with van der Waals surface area (Å²) in [6.45, 7) is 21.7. The smallest absolute Gasteiger partial charge is 0.201 e. The maximum absolute atomic E-state index is 5.35. The van der Waals surface area contributed by atoms with Crippen molar-refractivity contribution in [2.75, 3.05) is 0 Å². The zero-order valence-electron chi connectivity index (χ0n) is 68.5. The summed E-state index contributed by atoms with van der Waals surface area (Å²) in [7, 11) is 0. The van der Waals surface area contributed by atoms with Gasteiger partial charge in [-0.3, -0.25) is 15.0 Å². The lowest BCUT2D eigenvalue weighted by atomic mass is 9.92. The second-order valence-corrected chi connectivity index (χ2v) is 31.9. The maximum Gasteiger partial charge on any atom is 0.201 e. The molecule has 3 atom stereocenters. The summed E-state index contributed by atoms with van der Waals surface area (Å²) >= 11 is 0. The van der Waals surface area contributed by atoms with Crippen LogP contribution in [0.1, 0.15) is 468 Å². The lowest BCUT2D eigenvalue weighted by Gasteiger charge is -2.15. The number of para-hydroxylation sites is 2. The molecule has 0 bridgehead atoms. The number of benzene rings is 3. The molecule has 0 saturated heterocycles. The van der Waals surface area contributed by atoms with E-state index in [1.54, 1.807) is 6.08 Å². The number of rotatable bonds is 63. The Morgan fingerprint density at radius 2 is 0.520 bits per heavy atom. The van der Waals surface area contributed by atoms with Crippen molar-refractivity contribution >= 4 is 32.7 Å². The van der Waals surface area contributed by atoms with Crippen LogP contribution < -0.4 is 0 Å². The summed E-state index contributed by atoms with van der Waals surface area (Å²) in [5, 5.41) is 3.79. The van der Waals surface area contributed by atoms with E-state index in [-0.39, 0.29) is 0 Å². The third-order valence-electron chi connectivity index (χ3n) is 22.3. The number of hydrogen-bond donors (Lipinski definition) is 0. The molecule has 0 aliphatic heterocycles. The first kappa shape index (κ1) is 91.7. The Morgan fingerprint density at radius 3 is 0.853 bits per heavy atom. The lowest BCUT2D eigenvalue weighted by molar-refractivity contribution is 0.524. The van der Waals surface area contributed by atoms with Crippen LogP contribution in [0.2, 0.25) is 0 Å². The van der Waals surface area contributed by atoms with Crippen LogP contribution in [0.15, 0.2) is 116 Å². The molecule has 0 saturated carbocycles. The summed E-state index contributed by atoms with van der Waals surface area (Å²) in [5.74, 6) is 1.85. The van der Waals surface area contributed by atoms with Crippen LogP contribution >= 0.6 is 0 Å². The van der Waals surface area contributed by atoms with E-state index in [1.165, 1.54) is 417 Å². The predicted octanol–water partition coefficient (Wildman–Crippen LogP) is 34.5. The molecule has 0 aliphatic carbocycles. The molecule has 574 valence electrons. The molecule has 0 radical (unpaired) electrons. The SMILES string of the molecule is CCCCCCCCCCCCCCCCC(C)c1cnc2cc(C(C)CCCCCCCCCCCCCCCC)ccc2c1.CCCCCCCCCCCCCCCCC(C)c1cnc2ccccc2c1.[CH+]=CCCCCCCCCCCCCCCCC.c1ccc2ncccc2c1. The lowest BCUT2D eigenvalue weighted by Crippen LogP contribution is -1.97. The number of unbranched alkanes of at least 4 members (excludes halogenated alkanes) is 53. The molecule has 3 nitrogen and oxygen atoms in total. The number of nitrogens with zero attached hydrogens (tertiary/aromatic N) is 3. The second-order valence-electron chi connectivity index (χ2n) is 31.9. The molecule has 3 unspecified atom stereocenters. The van der Waals surface area contributed by atoms with Crippen LogP contribution in [0.25, 0.3) is 32.7 Å². The molecule has 0 aliphatic rings. The number of allylic oxidation sites excluding steroid dienone is 1. The average molecular weight is 1400 g/mol. The molecule has 6 rings (SSSR count). The molecule has 3 heterocycles. The van der Waals surface area contributed by atoms with E-state index in [4.69, 9.17) is 11.6 Å². The Balaban J connectivity index is 0.000000404. The van der Waals surface area contributed by atoms with E-state index in [2.05, 4.69) is 138 Å². The Hall–Kier alpha value is -4.46. The van der Waals surface area contributed by atoms with E-state index in [1.807, 2.05) is 30.5 Å². The Bertz CT molecular complexity index is 2610. The van der Waals surface area contributed by atoms with Crippen LogP contribution in [0, 0.1) is 6.58 Å². The standard InChI is InChI=1S/C45H79N.C27H43N.C18H35.C9H7N/c1-5-7-9-11-13-15-17-19-21-23-25-27-29-31-33-40(3)42-35-36-43-37-44(39-46-45(43)38-42)41(4)34-32-30-28-26-24-22-20-18-16-14-12-10-8-6-2;1-3-4-5-6-7-8-9-10-11-12-13-14-15-16-19-24(2)26-22-25-20-17-18-21-27(25)28-23-26;1-3-5-7-9-11-13-15-17-18-16-14-12-10-8-6-4-2;1-2-6-9-8(4-1)5-3-7-10-9/h35-41H,5-34H2,1-4H3;17-18,20-24H,3-16,19H2,1-2H3;1,3H,4-18H2,2H3;1-7H/q;;+1;. The minimum Gasteiger partial charge on any atom is -0.256 e. The van der Waals surface area contributed by atoms with Crippen LogP contribution in [0.3, 0.4) is 0 Å². The van der Waals surface area contributed by atoms with Gasteiger partial charge in [0, 0.05) is 41.2 Å². The van der Waals surface area contributed by atoms with Gasteiger partial charge in [0.05, 0.1) is 16.6 Å². The normalized spacial score (nSPS) is 12.2. The zero-order chi connectivity index (χ0) is 72.9. The third-order valence-corrected chi connectivity index (χ3v) is 22.3. The van der Waals surface area contributed by atoms with Crippen molar-refractivity contribution in [3.05, 3.63) is 139 Å². The summed E-state index contributed by atoms with van der Waals surface area (Å²) in [5.41, 5.74) is 7.63. The number of hydrogen-bond acceptors (Lipinski definition) is 3. The number of fused-ring (bicyclic) bond motifs is 3. The van der Waals surface area contributed by atoms with E-state index < -0.39 is 0 Å². The van der Waals surface area contributed by atoms with Crippen molar-refractivity contribution in [2.45, 2.75) is 451 Å². The van der Waals surface area contributed by atoms with E-state index in [0.717, 1.165) is 17.5 Å². The first-order valence-corrected chi connectivity index (χ1v) is 44.9. The van der Waals surface area contributed by atoms with Crippen LogP contribution in [0.4, 0.5) is 0 Å². The van der Waals surface area contributed by atoms with Crippen molar-refractivity contribution in [3.8, 4) is 0 Å². The van der Waals surface area contributed by atoms with Gasteiger partial charge in [-0.05, 0) is 96.5 Å². The molecule has 0 spiro atoms. The summed E-state index contributed by atoms with van der Waals surface area (Å²) in [6, 6.07) is 32.3. The minimum absolute atomic E-state index is 0.605. The van der Waals surface area contributed by atoms with Crippen LogP contribution in [-0.4, -0.2) is 15.0 Å². The van der Waals surface area contributed by atoms with Gasteiger partial charge in [0.1, 0.15) is 0 Å². The van der Waals surface area contributed by atoms with Crippen LogP contribution in [-0.2, 0) is 0 Å². The Morgan fingerprint density at radius 1 is 0.255 bits per heavy atom. The zero-order valence-corrected chi connectivity index (χ0v) is 68.5. The fraction of sp³-hybridized carbons (Fsp3) is 0.707. The molecule has 102 heavy (non-hydrogen) atoms. The molecular formula is C99H164N3+. The van der Waals surface area contributed by atoms with Crippen molar-refractivity contribution < 1.29 is 0 Å². The van der Waals surface area contributed by atoms with Gasteiger partial charge in [-0.2, -0.15) is 0 Å². The van der Waals surface area contributed by atoms with Gasteiger partial charge in [-0.25, -0.2) is 0 Å². The third kappa shape index (κ3) is 50.1. The molecule has 0 amide bonds. The maximum atomic E-state index is 5.35. The quantitative estimate of drug-likeness (QED) is 0.0282. The van der Waals surface area contributed by atoms with E-state index in [9.17, 15) is 0 Å². The highest BCUT2D eigenvalue weighted by Gasteiger charge is 2.12. The molecular weight excluding hydrogens is 1230 g/mol. The van der Waals surface area contributed by atoms with Crippen LogP contribution in [0.5, 0.6) is 0 Å². The largest absolute Gasteiger partial charge is 0.256 e. The predicted molar refractivity (Wildman–Crippen MR) is 459 cm³/mol. The van der Waals surface area contributed by atoms with Gasteiger partial charge < -0.3 is 0 Å². The first-order chi connectivity index (χ1) is 50.3.